The summed E-state index contributed by atoms with van der Waals surface area (Å²) in [6, 6.07) is 0. The van der Waals surface area contributed by atoms with Gasteiger partial charge >= 0.3 is 0 Å². The minimum absolute atomic E-state index is 0.0544. The van der Waals surface area contributed by atoms with Crippen LogP contribution in [0, 0.1) is 5.92 Å². The van der Waals surface area contributed by atoms with E-state index in [4.69, 9.17) is 10.2 Å². The molecule has 0 bridgehead atoms. The fourth-order valence-corrected chi connectivity index (χ4v) is 3.08. The second-order valence-electron chi connectivity index (χ2n) is 7.36. The maximum Gasteiger partial charge on any atom is 0.0786 e. The molecule has 26 heavy (non-hydrogen) atoms. The molecule has 5 nitrogen and oxygen atoms in total. The van der Waals surface area contributed by atoms with E-state index in [9.17, 15) is 9.90 Å². The van der Waals surface area contributed by atoms with Crippen molar-refractivity contribution in [1.82, 2.24) is 0 Å². The summed E-state index contributed by atoms with van der Waals surface area (Å²) in [6.45, 7) is 14.3. The number of carboxylic acid groups (broad SMARTS) is 1. The van der Waals surface area contributed by atoms with Gasteiger partial charge in [-0.2, -0.15) is 0 Å². The summed E-state index contributed by atoms with van der Waals surface area (Å²) in [7, 11) is 0. The molecule has 0 spiro atoms. The molecule has 0 aliphatic heterocycles. The Bertz CT molecular complexity index is 273. The Hall–Kier alpha value is -0.650. The number of aliphatic hydroxyl groups excluding tert-OH is 2. The summed E-state index contributed by atoms with van der Waals surface area (Å²) in [5.41, 5.74) is 0. The number of hydrogen-bond acceptors (Lipinski definition) is 4. The lowest BCUT2D eigenvalue weighted by Gasteiger charge is -2.39. The Labute approximate surface area is 162 Å². The minimum atomic E-state index is -1.31. The molecule has 0 saturated heterocycles. The smallest absolute Gasteiger partial charge is 0.0786 e. The zero-order chi connectivity index (χ0) is 20.3. The van der Waals surface area contributed by atoms with Crippen molar-refractivity contribution in [2.24, 2.45) is 5.92 Å². The van der Waals surface area contributed by atoms with Crippen LogP contribution in [-0.2, 0) is 4.79 Å². The van der Waals surface area contributed by atoms with Crippen LogP contribution in [-0.4, -0.2) is 60.1 Å². The number of carbonyl (C=O) groups is 1. The van der Waals surface area contributed by atoms with Crippen LogP contribution >= 0.6 is 0 Å². The number of nitrogens with zero attached hydrogens (tertiary/aromatic N) is 1. The standard InChI is InChI=1S/C16H36N.C5H10O4/c1-5-9-13-17(14-10-6-2,15-11-7-3)16-12-8-4;6-2-1-4(3-7)5(8)9/h5-16H2,1-4H3;4,6-7H,1-3H2,(H,8,9)/q+1;/p-1. The number of aliphatic carboxylic acids is 1. The molecule has 0 saturated carbocycles. The van der Waals surface area contributed by atoms with Crippen molar-refractivity contribution in [3.8, 4) is 0 Å². The lowest BCUT2D eigenvalue weighted by Crippen LogP contribution is -2.50. The Kier molecular flexibility index (Phi) is 20.3. The summed E-state index contributed by atoms with van der Waals surface area (Å²) in [6.07, 6.45) is 11.1. The molecule has 0 aliphatic rings. The number of hydrogen-bond donors (Lipinski definition) is 2. The van der Waals surface area contributed by atoms with Gasteiger partial charge in [-0.3, -0.25) is 0 Å². The van der Waals surface area contributed by atoms with Crippen molar-refractivity contribution >= 4 is 5.97 Å². The highest BCUT2D eigenvalue weighted by Crippen LogP contribution is 2.16. The van der Waals surface area contributed by atoms with Gasteiger partial charge < -0.3 is 24.6 Å². The van der Waals surface area contributed by atoms with Crippen molar-refractivity contribution in [3.63, 3.8) is 0 Å². The van der Waals surface area contributed by atoms with E-state index in [-0.39, 0.29) is 13.0 Å². The average molecular weight is 376 g/mol. The molecule has 1 unspecified atom stereocenters. The molecule has 2 N–H and O–H groups in total. The second kappa shape index (κ2) is 19.1. The second-order valence-corrected chi connectivity index (χ2v) is 7.36. The summed E-state index contributed by atoms with van der Waals surface area (Å²) >= 11 is 0. The van der Waals surface area contributed by atoms with Crippen LogP contribution in [0.4, 0.5) is 0 Å². The molecule has 0 fully saturated rings. The van der Waals surface area contributed by atoms with E-state index in [1.165, 1.54) is 82.0 Å². The van der Waals surface area contributed by atoms with Gasteiger partial charge in [0, 0.05) is 18.5 Å². The highest BCUT2D eigenvalue weighted by Gasteiger charge is 2.24. The molecular weight excluding hydrogens is 330 g/mol. The monoisotopic (exact) mass is 375 g/mol. The van der Waals surface area contributed by atoms with Crippen molar-refractivity contribution in [3.05, 3.63) is 0 Å². The molecule has 5 heteroatoms. The van der Waals surface area contributed by atoms with E-state index < -0.39 is 18.5 Å². The largest absolute Gasteiger partial charge is 0.550 e. The summed E-state index contributed by atoms with van der Waals surface area (Å²) in [4.78, 5) is 9.94. The first-order valence-electron chi connectivity index (χ1n) is 10.7. The molecule has 0 aromatic carbocycles. The molecule has 0 heterocycles. The Balaban J connectivity index is 0. The van der Waals surface area contributed by atoms with Crippen molar-refractivity contribution in [2.75, 3.05) is 39.4 Å². The van der Waals surface area contributed by atoms with E-state index in [0.29, 0.717) is 0 Å². The molecule has 0 aromatic rings. The van der Waals surface area contributed by atoms with Gasteiger partial charge in [0.25, 0.3) is 0 Å². The molecule has 0 rings (SSSR count). The SMILES string of the molecule is CCCC[N+](CCCC)(CCCC)CCCC.O=C([O-])C(CO)CCO. The zero-order valence-electron chi connectivity index (χ0n) is 17.8. The predicted molar refractivity (Wildman–Crippen MR) is 107 cm³/mol. The van der Waals surface area contributed by atoms with Gasteiger partial charge in [-0.1, -0.05) is 53.4 Å². The fraction of sp³-hybridized carbons (Fsp3) is 0.952. The van der Waals surface area contributed by atoms with Gasteiger partial charge in [-0.15, -0.1) is 0 Å². The van der Waals surface area contributed by atoms with E-state index >= 15 is 0 Å². The molecule has 158 valence electrons. The third-order valence-electron chi connectivity index (χ3n) is 4.98. The number of unbranched alkanes of at least 4 members (excludes halogenated alkanes) is 4. The van der Waals surface area contributed by atoms with E-state index in [1.54, 1.807) is 0 Å². The molecule has 0 aromatic heterocycles. The Morgan fingerprint density at radius 3 is 1.31 bits per heavy atom. The van der Waals surface area contributed by atoms with E-state index in [0.717, 1.165) is 0 Å². The normalized spacial score (nSPS) is 12.4. The van der Waals surface area contributed by atoms with Crippen molar-refractivity contribution in [1.29, 1.82) is 0 Å². The Morgan fingerprint density at radius 1 is 0.808 bits per heavy atom. The topological polar surface area (TPSA) is 80.6 Å². The molecule has 0 radical (unpaired) electrons. The number of quaternary nitrogens is 1. The van der Waals surface area contributed by atoms with E-state index in [1.807, 2.05) is 0 Å². The summed E-state index contributed by atoms with van der Waals surface area (Å²) < 4.78 is 1.42. The molecular formula is C21H45NO4. The number of rotatable bonds is 16. The van der Waals surface area contributed by atoms with Gasteiger partial charge in [0.1, 0.15) is 0 Å². The first kappa shape index (κ1) is 27.6. The van der Waals surface area contributed by atoms with Crippen LogP contribution in [0.3, 0.4) is 0 Å². The minimum Gasteiger partial charge on any atom is -0.550 e. The van der Waals surface area contributed by atoms with Crippen LogP contribution in [0.5, 0.6) is 0 Å². The zero-order valence-corrected chi connectivity index (χ0v) is 17.8. The van der Waals surface area contributed by atoms with Gasteiger partial charge in [0.2, 0.25) is 0 Å². The van der Waals surface area contributed by atoms with Crippen molar-refractivity contribution in [2.45, 2.75) is 85.5 Å². The first-order valence-corrected chi connectivity index (χ1v) is 10.7. The molecule has 0 amide bonds. The lowest BCUT2D eigenvalue weighted by atomic mass is 10.1. The average Bonchev–Trinajstić information content (AvgIpc) is 2.65. The Morgan fingerprint density at radius 2 is 1.15 bits per heavy atom. The quantitative estimate of drug-likeness (QED) is 0.407. The van der Waals surface area contributed by atoms with Gasteiger partial charge in [-0.25, -0.2) is 0 Å². The maximum atomic E-state index is 9.94. The predicted octanol–water partition coefficient (Wildman–Crippen LogP) is 2.73. The third kappa shape index (κ3) is 14.5. The van der Waals surface area contributed by atoms with Gasteiger partial charge in [-0.05, 0) is 32.1 Å². The van der Waals surface area contributed by atoms with Crippen LogP contribution in [0.2, 0.25) is 0 Å². The summed E-state index contributed by atoms with van der Waals surface area (Å²) in [5, 5.41) is 26.4. The number of carboxylic acids is 1. The third-order valence-corrected chi connectivity index (χ3v) is 4.98. The number of carbonyl (C=O) groups excluding carboxylic acids is 1. The maximum absolute atomic E-state index is 9.94. The van der Waals surface area contributed by atoms with Gasteiger partial charge in [0.05, 0.1) is 32.8 Å². The molecule has 0 aliphatic carbocycles. The summed E-state index contributed by atoms with van der Waals surface area (Å²) in [5.74, 6) is -2.23. The fourth-order valence-electron chi connectivity index (χ4n) is 3.08. The highest BCUT2D eigenvalue weighted by atomic mass is 16.4. The molecule has 1 atom stereocenters. The van der Waals surface area contributed by atoms with Crippen LogP contribution in [0.1, 0.15) is 85.5 Å². The first-order chi connectivity index (χ1) is 12.5. The van der Waals surface area contributed by atoms with Crippen LogP contribution in [0.15, 0.2) is 0 Å². The number of aliphatic hydroxyl groups is 2. The van der Waals surface area contributed by atoms with E-state index in [2.05, 4.69) is 27.7 Å². The van der Waals surface area contributed by atoms with Crippen molar-refractivity contribution < 1.29 is 24.6 Å². The van der Waals surface area contributed by atoms with Crippen LogP contribution < -0.4 is 5.11 Å². The van der Waals surface area contributed by atoms with Gasteiger partial charge in [0.15, 0.2) is 0 Å². The highest BCUT2D eigenvalue weighted by molar-refractivity contribution is 5.67. The van der Waals surface area contributed by atoms with Crippen LogP contribution in [0.25, 0.3) is 0 Å². The lowest BCUT2D eigenvalue weighted by molar-refractivity contribution is -0.929.